The highest BCUT2D eigenvalue weighted by Crippen LogP contribution is 2.48. The molecule has 2 atom stereocenters. The van der Waals surface area contributed by atoms with Crippen LogP contribution in [0.25, 0.3) is 0 Å². The number of rotatable bonds is 0. The molecule has 0 saturated heterocycles. The fourth-order valence-electron chi connectivity index (χ4n) is 3.35. The Labute approximate surface area is 98.0 Å². The zero-order valence-corrected chi connectivity index (χ0v) is 11.0. The second kappa shape index (κ2) is 3.38. The van der Waals surface area contributed by atoms with E-state index in [9.17, 15) is 5.21 Å². The van der Waals surface area contributed by atoms with E-state index in [0.29, 0.717) is 17.3 Å². The smallest absolute Gasteiger partial charge is 0.222 e. The van der Waals surface area contributed by atoms with Crippen LogP contribution < -0.4 is 0 Å². The Bertz CT molecular complexity index is 331. The fourth-order valence-corrected chi connectivity index (χ4v) is 3.35. The first-order valence-corrected chi connectivity index (χ1v) is 6.23. The summed E-state index contributed by atoms with van der Waals surface area (Å²) >= 11 is 0. The van der Waals surface area contributed by atoms with Crippen LogP contribution >= 0.6 is 0 Å². The van der Waals surface area contributed by atoms with Gasteiger partial charge in [-0.15, -0.1) is 0 Å². The number of fused-ring (bicyclic) bond motifs is 1. The van der Waals surface area contributed by atoms with Crippen molar-refractivity contribution in [3.05, 3.63) is 5.21 Å². The van der Waals surface area contributed by atoms with Crippen LogP contribution in [0.4, 0.5) is 0 Å². The Kier molecular flexibility index (Phi) is 2.48. The third-order valence-electron chi connectivity index (χ3n) is 4.43. The molecule has 1 fully saturated rings. The van der Waals surface area contributed by atoms with Crippen molar-refractivity contribution in [2.75, 3.05) is 0 Å². The molecule has 0 bridgehead atoms. The second-order valence-electron chi connectivity index (χ2n) is 6.71. The summed E-state index contributed by atoms with van der Waals surface area (Å²) in [7, 11) is 0. The molecule has 0 amide bonds. The van der Waals surface area contributed by atoms with Gasteiger partial charge >= 0.3 is 0 Å². The zero-order chi connectivity index (χ0) is 12.1. The molecule has 3 nitrogen and oxygen atoms in total. The van der Waals surface area contributed by atoms with Gasteiger partial charge in [0.25, 0.3) is 0 Å². The summed E-state index contributed by atoms with van der Waals surface area (Å²) in [6.07, 6.45) is 3.50. The van der Waals surface area contributed by atoms with Gasteiger partial charge in [0, 0.05) is 11.8 Å². The normalized spacial score (nSPS) is 36.6. The molecule has 1 aliphatic carbocycles. The monoisotopic (exact) mass is 225 g/mol. The van der Waals surface area contributed by atoms with E-state index in [1.807, 2.05) is 20.8 Å². The lowest BCUT2D eigenvalue weighted by molar-refractivity contribution is -0.775. The minimum Gasteiger partial charge on any atom is -0.397 e. The quantitative estimate of drug-likeness (QED) is 0.594. The average Bonchev–Trinajstić information content (AvgIpc) is 2.12. The molecule has 2 rings (SSSR count). The summed E-state index contributed by atoms with van der Waals surface area (Å²) in [5, 5.41) is 11.7. The third kappa shape index (κ3) is 1.80. The summed E-state index contributed by atoms with van der Waals surface area (Å²) in [4.78, 5) is 6.22. The maximum absolute atomic E-state index is 11.7. The van der Waals surface area contributed by atoms with Crippen LogP contribution in [0, 0.1) is 22.5 Å². The van der Waals surface area contributed by atoms with Gasteiger partial charge in [0.1, 0.15) is 0 Å². The van der Waals surface area contributed by atoms with Crippen molar-refractivity contribution >= 4 is 5.71 Å². The third-order valence-corrected chi connectivity index (χ3v) is 4.43. The van der Waals surface area contributed by atoms with Gasteiger partial charge in [-0.3, -0.25) is 5.21 Å². The van der Waals surface area contributed by atoms with Crippen LogP contribution in [0.15, 0.2) is 0 Å². The lowest BCUT2D eigenvalue weighted by Crippen LogP contribution is -2.52. The average molecular weight is 225 g/mol. The van der Waals surface area contributed by atoms with Crippen molar-refractivity contribution < 1.29 is 9.74 Å². The molecule has 3 heteroatoms. The minimum atomic E-state index is -0.317. The predicted molar refractivity (Wildman–Crippen MR) is 64.1 cm³/mol. The van der Waals surface area contributed by atoms with Crippen LogP contribution in [0.5, 0.6) is 0 Å². The largest absolute Gasteiger partial charge is 0.397 e. The van der Waals surface area contributed by atoms with E-state index in [1.54, 1.807) is 0 Å². The first-order valence-electron chi connectivity index (χ1n) is 6.23. The van der Waals surface area contributed by atoms with Gasteiger partial charge in [0.05, 0.1) is 11.5 Å². The van der Waals surface area contributed by atoms with Gasteiger partial charge < -0.3 is 4.84 Å². The fraction of sp³-hybridized carbons (Fsp3) is 0.923. The molecule has 0 aromatic rings. The molecule has 1 heterocycles. The van der Waals surface area contributed by atoms with Crippen LogP contribution in [-0.2, 0) is 4.84 Å². The van der Waals surface area contributed by atoms with Gasteiger partial charge in [0.2, 0.25) is 5.71 Å². The van der Waals surface area contributed by atoms with Crippen LogP contribution in [0.2, 0.25) is 0 Å². The Morgan fingerprint density at radius 3 is 2.56 bits per heavy atom. The molecule has 0 N–H and O–H groups in total. The molecule has 92 valence electrons. The molecular formula is C13H23NO2. The van der Waals surface area contributed by atoms with Gasteiger partial charge in [-0.05, 0) is 44.4 Å². The van der Waals surface area contributed by atoms with E-state index >= 15 is 0 Å². The van der Waals surface area contributed by atoms with E-state index in [0.717, 1.165) is 23.5 Å². The summed E-state index contributed by atoms with van der Waals surface area (Å²) in [5.41, 5.74) is 0.899. The lowest BCUT2D eigenvalue weighted by Gasteiger charge is -2.49. The number of nitrogens with zero attached hydrogens (tertiary/aromatic N) is 1. The van der Waals surface area contributed by atoms with Crippen LogP contribution in [0.1, 0.15) is 53.9 Å². The predicted octanol–water partition coefficient (Wildman–Crippen LogP) is 3.12. The molecule has 16 heavy (non-hydrogen) atoms. The van der Waals surface area contributed by atoms with E-state index in [1.165, 1.54) is 6.42 Å². The highest BCUT2D eigenvalue weighted by atomic mass is 16.9. The maximum atomic E-state index is 11.7. The van der Waals surface area contributed by atoms with Gasteiger partial charge in [-0.1, -0.05) is 13.8 Å². The van der Waals surface area contributed by atoms with Gasteiger partial charge in [-0.25, -0.2) is 0 Å². The lowest BCUT2D eigenvalue weighted by atomic mass is 9.61. The standard InChI is InChI=1S/C13H23NO2/c1-9-10-8-12(2,3)7-6-11(10)13(4,5)16-14(9)15/h10-11H,6-8H2,1-5H3/t10-,11+/m1/s1. The molecule has 1 aliphatic heterocycles. The molecule has 1 saturated carbocycles. The van der Waals surface area contributed by atoms with E-state index in [-0.39, 0.29) is 5.60 Å². The van der Waals surface area contributed by atoms with Gasteiger partial charge in [-0.2, -0.15) is 0 Å². The van der Waals surface area contributed by atoms with Crippen molar-refractivity contribution in [3.63, 3.8) is 0 Å². The number of hydrogen-bond acceptors (Lipinski definition) is 2. The molecule has 0 unspecified atom stereocenters. The SMILES string of the molecule is CC1=[N+]([O-])OC(C)(C)[C@H]2CCC(C)(C)C[C@H]12. The van der Waals surface area contributed by atoms with Crippen LogP contribution in [-0.4, -0.2) is 16.2 Å². The van der Waals surface area contributed by atoms with Crippen molar-refractivity contribution in [2.45, 2.75) is 59.5 Å². The highest BCUT2D eigenvalue weighted by Gasteiger charge is 2.49. The Balaban J connectivity index is 2.34. The summed E-state index contributed by atoms with van der Waals surface area (Å²) in [6.45, 7) is 10.6. The summed E-state index contributed by atoms with van der Waals surface area (Å²) < 4.78 is 0. The van der Waals surface area contributed by atoms with E-state index < -0.39 is 0 Å². The number of hydrogen-bond donors (Lipinski definition) is 0. The molecular weight excluding hydrogens is 202 g/mol. The first kappa shape index (κ1) is 11.7. The van der Waals surface area contributed by atoms with Crippen LogP contribution in [0.3, 0.4) is 0 Å². The Morgan fingerprint density at radius 2 is 1.94 bits per heavy atom. The first-order chi connectivity index (χ1) is 7.23. The summed E-state index contributed by atoms with van der Waals surface area (Å²) in [5.74, 6) is 0.885. The zero-order valence-electron chi connectivity index (χ0n) is 11.0. The van der Waals surface area contributed by atoms with Crippen molar-refractivity contribution in [3.8, 4) is 0 Å². The Hall–Kier alpha value is -0.730. The molecule has 0 radical (unpaired) electrons. The minimum absolute atomic E-state index is 0.317. The molecule has 0 aromatic carbocycles. The second-order valence-corrected chi connectivity index (χ2v) is 6.71. The molecule has 2 aliphatic rings. The maximum Gasteiger partial charge on any atom is 0.222 e. The summed E-state index contributed by atoms with van der Waals surface area (Å²) in [6, 6.07) is 0. The van der Waals surface area contributed by atoms with Crippen molar-refractivity contribution in [2.24, 2.45) is 17.3 Å². The topological polar surface area (TPSA) is 35.3 Å². The van der Waals surface area contributed by atoms with E-state index in [4.69, 9.17) is 4.84 Å². The van der Waals surface area contributed by atoms with Gasteiger partial charge in [0.15, 0.2) is 0 Å². The highest BCUT2D eigenvalue weighted by molar-refractivity contribution is 5.80. The van der Waals surface area contributed by atoms with Crippen molar-refractivity contribution in [1.29, 1.82) is 0 Å². The molecule has 0 spiro atoms. The Morgan fingerprint density at radius 1 is 1.31 bits per heavy atom. The van der Waals surface area contributed by atoms with E-state index in [2.05, 4.69) is 13.8 Å². The van der Waals surface area contributed by atoms with Crippen molar-refractivity contribution in [1.82, 2.24) is 0 Å². The molecule has 0 aromatic heterocycles.